The van der Waals surface area contributed by atoms with Crippen molar-refractivity contribution in [2.75, 3.05) is 13.2 Å². The topological polar surface area (TPSA) is 62.4 Å². The van der Waals surface area contributed by atoms with Gasteiger partial charge in [0.1, 0.15) is 5.75 Å². The predicted molar refractivity (Wildman–Crippen MR) is 108 cm³/mol. The second-order valence-electron chi connectivity index (χ2n) is 5.92. The number of carbonyl (C=O) groups is 1. The molecule has 2 aromatic rings. The number of rotatable bonds is 6. The van der Waals surface area contributed by atoms with Gasteiger partial charge in [0, 0.05) is 11.6 Å². The molecule has 5 nitrogen and oxygen atoms in total. The van der Waals surface area contributed by atoms with Gasteiger partial charge < -0.3 is 10.1 Å². The molecule has 138 valence electrons. The molecule has 0 heterocycles. The van der Waals surface area contributed by atoms with Crippen molar-refractivity contribution in [3.8, 4) is 5.75 Å². The van der Waals surface area contributed by atoms with Crippen LogP contribution in [0.5, 0.6) is 5.75 Å². The predicted octanol–water partition coefficient (Wildman–Crippen LogP) is 3.07. The van der Waals surface area contributed by atoms with Gasteiger partial charge in [-0.3, -0.25) is 15.6 Å². The van der Waals surface area contributed by atoms with Crippen LogP contribution in [0.25, 0.3) is 0 Å². The molecule has 0 radical (unpaired) electrons. The molecule has 3 N–H and O–H groups in total. The molecule has 0 fully saturated rings. The fourth-order valence-corrected chi connectivity index (χ4v) is 2.62. The number of halogens is 1. The number of hydrogen-bond acceptors (Lipinski definition) is 3. The number of nitrogens with one attached hydrogen (secondary N) is 3. The molecule has 2 aromatic carbocycles. The van der Waals surface area contributed by atoms with Gasteiger partial charge in [-0.1, -0.05) is 29.8 Å². The van der Waals surface area contributed by atoms with Crippen molar-refractivity contribution >= 4 is 34.8 Å². The molecule has 1 amide bonds. The number of benzene rings is 2. The number of amides is 1. The van der Waals surface area contributed by atoms with Crippen molar-refractivity contribution in [2.24, 2.45) is 0 Å². The van der Waals surface area contributed by atoms with Crippen LogP contribution in [0, 0.1) is 13.8 Å². The number of ether oxygens (including phenoxy) is 1. The summed E-state index contributed by atoms with van der Waals surface area (Å²) in [5, 5.41) is 4.08. The first kappa shape index (κ1) is 20.0. The first-order valence-electron chi connectivity index (χ1n) is 8.20. The highest BCUT2D eigenvalue weighted by Gasteiger charge is 2.04. The summed E-state index contributed by atoms with van der Waals surface area (Å²) in [6, 6.07) is 13.4. The van der Waals surface area contributed by atoms with E-state index >= 15 is 0 Å². The third kappa shape index (κ3) is 7.29. The zero-order valence-corrected chi connectivity index (χ0v) is 16.3. The monoisotopic (exact) mass is 391 g/mol. The molecule has 0 aromatic heterocycles. The van der Waals surface area contributed by atoms with Gasteiger partial charge in [0.05, 0.1) is 0 Å². The summed E-state index contributed by atoms with van der Waals surface area (Å²) in [5.74, 6) is 0.354. The average Bonchev–Trinajstić information content (AvgIpc) is 2.59. The molecule has 0 bridgehead atoms. The van der Waals surface area contributed by atoms with E-state index in [-0.39, 0.29) is 12.5 Å². The minimum atomic E-state index is -0.314. The average molecular weight is 392 g/mol. The molecule has 2 rings (SSSR count). The molecule has 0 saturated carbocycles. The van der Waals surface area contributed by atoms with Gasteiger partial charge in [-0.25, -0.2) is 0 Å². The van der Waals surface area contributed by atoms with E-state index in [2.05, 4.69) is 16.2 Å². The Morgan fingerprint density at radius 3 is 2.38 bits per heavy atom. The molecule has 0 aliphatic heterocycles. The fourth-order valence-electron chi connectivity index (χ4n) is 2.34. The molecule has 0 atom stereocenters. The van der Waals surface area contributed by atoms with E-state index in [1.165, 1.54) is 0 Å². The summed E-state index contributed by atoms with van der Waals surface area (Å²) >= 11 is 11.0. The maximum atomic E-state index is 11.8. The number of aryl methyl sites for hydroxylation is 2. The Bertz CT molecular complexity index is 746. The second kappa shape index (κ2) is 9.99. The van der Waals surface area contributed by atoms with Gasteiger partial charge >= 0.3 is 0 Å². The van der Waals surface area contributed by atoms with Crippen LogP contribution in [0.1, 0.15) is 16.7 Å². The number of hydrogen-bond donors (Lipinski definition) is 3. The zero-order chi connectivity index (χ0) is 18.9. The standard InChI is InChI=1S/C19H22ClN3O2S/c1-13-9-14(2)11-17(10-13)25-12-18(24)22-23-19(26)21-8-7-15-3-5-16(20)6-4-15/h3-6,9-11H,7-8,12H2,1-2H3,(H,22,24)(H2,21,23,26). The van der Waals surface area contributed by atoms with Crippen LogP contribution in [-0.4, -0.2) is 24.2 Å². The van der Waals surface area contributed by atoms with Crippen LogP contribution >= 0.6 is 23.8 Å². The Kier molecular flexibility index (Phi) is 7.69. The summed E-state index contributed by atoms with van der Waals surface area (Å²) in [5.41, 5.74) is 8.48. The molecular weight excluding hydrogens is 370 g/mol. The zero-order valence-electron chi connectivity index (χ0n) is 14.8. The minimum Gasteiger partial charge on any atom is -0.484 e. The Morgan fingerprint density at radius 2 is 1.73 bits per heavy atom. The van der Waals surface area contributed by atoms with E-state index in [0.717, 1.165) is 23.1 Å². The SMILES string of the molecule is Cc1cc(C)cc(OCC(=O)NNC(=S)NCCc2ccc(Cl)cc2)c1. The maximum absolute atomic E-state index is 11.8. The third-order valence-electron chi connectivity index (χ3n) is 3.49. The second-order valence-corrected chi connectivity index (χ2v) is 6.76. The van der Waals surface area contributed by atoms with Crippen LogP contribution in [0.2, 0.25) is 5.02 Å². The molecule has 0 spiro atoms. The van der Waals surface area contributed by atoms with Crippen LogP contribution in [0.15, 0.2) is 42.5 Å². The summed E-state index contributed by atoms with van der Waals surface area (Å²) in [6.45, 7) is 4.51. The lowest BCUT2D eigenvalue weighted by Crippen LogP contribution is -2.48. The molecule has 7 heteroatoms. The van der Waals surface area contributed by atoms with Gasteiger partial charge in [0.2, 0.25) is 0 Å². The number of hydrazine groups is 1. The summed E-state index contributed by atoms with van der Waals surface area (Å²) in [7, 11) is 0. The van der Waals surface area contributed by atoms with E-state index in [0.29, 0.717) is 22.4 Å². The molecule has 26 heavy (non-hydrogen) atoms. The molecule has 0 unspecified atom stereocenters. The lowest BCUT2D eigenvalue weighted by Gasteiger charge is -2.12. The Hall–Kier alpha value is -2.31. The Morgan fingerprint density at radius 1 is 1.08 bits per heavy atom. The van der Waals surface area contributed by atoms with Crippen molar-refractivity contribution in [3.05, 3.63) is 64.2 Å². The third-order valence-corrected chi connectivity index (χ3v) is 3.99. The molecular formula is C19H22ClN3O2S. The lowest BCUT2D eigenvalue weighted by molar-refractivity contribution is -0.123. The highest BCUT2D eigenvalue weighted by Crippen LogP contribution is 2.15. The summed E-state index contributed by atoms with van der Waals surface area (Å²) < 4.78 is 5.48. The van der Waals surface area contributed by atoms with E-state index in [9.17, 15) is 4.79 Å². The number of thiocarbonyl (C=S) groups is 1. The van der Waals surface area contributed by atoms with Crippen molar-refractivity contribution in [3.63, 3.8) is 0 Å². The summed E-state index contributed by atoms with van der Waals surface area (Å²) in [6.07, 6.45) is 0.794. The Labute approximate surface area is 164 Å². The van der Waals surface area contributed by atoms with Gasteiger partial charge in [0.15, 0.2) is 11.7 Å². The summed E-state index contributed by atoms with van der Waals surface area (Å²) in [4.78, 5) is 11.8. The Balaban J connectivity index is 1.63. The molecule has 0 aliphatic rings. The van der Waals surface area contributed by atoms with Crippen molar-refractivity contribution in [2.45, 2.75) is 20.3 Å². The fraction of sp³-hybridized carbons (Fsp3) is 0.263. The van der Waals surface area contributed by atoms with Crippen molar-refractivity contribution in [1.82, 2.24) is 16.2 Å². The number of carbonyl (C=O) groups excluding carboxylic acids is 1. The van der Waals surface area contributed by atoms with E-state index < -0.39 is 0 Å². The van der Waals surface area contributed by atoms with Crippen molar-refractivity contribution in [1.29, 1.82) is 0 Å². The normalized spacial score (nSPS) is 10.1. The van der Waals surface area contributed by atoms with Gasteiger partial charge in [0.25, 0.3) is 5.91 Å². The highest BCUT2D eigenvalue weighted by molar-refractivity contribution is 7.80. The van der Waals surface area contributed by atoms with Crippen LogP contribution in [0.3, 0.4) is 0 Å². The van der Waals surface area contributed by atoms with Crippen molar-refractivity contribution < 1.29 is 9.53 Å². The smallest absolute Gasteiger partial charge is 0.276 e. The van der Waals surface area contributed by atoms with Crippen LogP contribution in [-0.2, 0) is 11.2 Å². The van der Waals surface area contributed by atoms with Crippen LogP contribution in [0.4, 0.5) is 0 Å². The largest absolute Gasteiger partial charge is 0.484 e. The lowest BCUT2D eigenvalue weighted by atomic mass is 10.1. The maximum Gasteiger partial charge on any atom is 0.276 e. The quantitative estimate of drug-likeness (QED) is 0.521. The first-order valence-corrected chi connectivity index (χ1v) is 8.99. The molecule has 0 saturated heterocycles. The minimum absolute atomic E-state index is 0.0940. The van der Waals surface area contributed by atoms with E-state index in [1.807, 2.05) is 56.3 Å². The van der Waals surface area contributed by atoms with E-state index in [4.69, 9.17) is 28.6 Å². The van der Waals surface area contributed by atoms with E-state index in [1.54, 1.807) is 0 Å². The van der Waals surface area contributed by atoms with Gasteiger partial charge in [-0.2, -0.15) is 0 Å². The van der Waals surface area contributed by atoms with Gasteiger partial charge in [-0.05, 0) is 73.4 Å². The first-order chi connectivity index (χ1) is 12.4. The van der Waals surface area contributed by atoms with Crippen LogP contribution < -0.4 is 20.9 Å². The highest BCUT2D eigenvalue weighted by atomic mass is 35.5. The van der Waals surface area contributed by atoms with Gasteiger partial charge in [-0.15, -0.1) is 0 Å². The molecule has 0 aliphatic carbocycles.